The lowest BCUT2D eigenvalue weighted by Crippen LogP contribution is -2.34. The van der Waals surface area contributed by atoms with Crippen molar-refractivity contribution in [1.29, 1.82) is 0 Å². The molecule has 0 spiro atoms. The number of hydrogen-bond acceptors (Lipinski definition) is 10. The van der Waals surface area contributed by atoms with Crippen LogP contribution in [-0.2, 0) is 0 Å². The number of nitro groups is 1. The lowest BCUT2D eigenvalue weighted by atomic mass is 10.1. The molecule has 3 heterocycles. The number of piperidine rings is 2. The number of nitrogens with zero attached hydrogens (tertiary/aromatic N) is 7. The highest BCUT2D eigenvalue weighted by atomic mass is 79.9. The second kappa shape index (κ2) is 10.1. The molecule has 2 aliphatic rings. The van der Waals surface area contributed by atoms with E-state index in [1.165, 1.54) is 31.2 Å². The lowest BCUT2D eigenvalue weighted by molar-refractivity contribution is -0.385. The third-order valence-electron chi connectivity index (χ3n) is 5.55. The van der Waals surface area contributed by atoms with E-state index >= 15 is 0 Å². The molecule has 32 heavy (non-hydrogen) atoms. The molecule has 0 bridgehead atoms. The number of non-ortho nitro benzene ring substituents is 1. The van der Waals surface area contributed by atoms with E-state index in [0.29, 0.717) is 17.8 Å². The first-order valence-corrected chi connectivity index (χ1v) is 11.5. The SMILES string of the molecule is O=[N+]([O-])c1cc(Br)c(O)c(C=NNc2nc(N3CCCCC3)nc(N3CCCCC3)n2)c1. The summed E-state index contributed by atoms with van der Waals surface area (Å²) < 4.78 is 0.216. The van der Waals surface area contributed by atoms with Crippen molar-refractivity contribution in [1.82, 2.24) is 15.0 Å². The van der Waals surface area contributed by atoms with Gasteiger partial charge in [0.2, 0.25) is 17.8 Å². The van der Waals surface area contributed by atoms with Crippen molar-refractivity contribution in [2.45, 2.75) is 38.5 Å². The highest BCUT2D eigenvalue weighted by Crippen LogP contribution is 2.31. The third kappa shape index (κ3) is 5.23. The Kier molecular flexibility index (Phi) is 6.98. The molecule has 0 unspecified atom stereocenters. The van der Waals surface area contributed by atoms with Crippen LogP contribution < -0.4 is 15.2 Å². The fourth-order valence-corrected chi connectivity index (χ4v) is 4.31. The number of aromatic nitrogens is 3. The number of benzene rings is 1. The molecule has 4 rings (SSSR count). The Morgan fingerprint density at radius 2 is 1.56 bits per heavy atom. The molecule has 2 aliphatic heterocycles. The molecule has 2 N–H and O–H groups in total. The highest BCUT2D eigenvalue weighted by molar-refractivity contribution is 9.10. The first-order chi connectivity index (χ1) is 15.5. The van der Waals surface area contributed by atoms with Gasteiger partial charge in [-0.2, -0.15) is 20.1 Å². The van der Waals surface area contributed by atoms with Crippen molar-refractivity contribution in [3.05, 3.63) is 32.3 Å². The summed E-state index contributed by atoms with van der Waals surface area (Å²) >= 11 is 3.13. The van der Waals surface area contributed by atoms with Crippen LogP contribution >= 0.6 is 15.9 Å². The Morgan fingerprint density at radius 3 is 2.09 bits per heavy atom. The number of rotatable bonds is 6. The first kappa shape index (κ1) is 22.2. The fourth-order valence-electron chi connectivity index (χ4n) is 3.84. The summed E-state index contributed by atoms with van der Waals surface area (Å²) in [7, 11) is 0. The van der Waals surface area contributed by atoms with E-state index in [-0.39, 0.29) is 21.5 Å². The molecule has 1 aromatic carbocycles. The van der Waals surface area contributed by atoms with Gasteiger partial charge in [-0.1, -0.05) is 0 Å². The maximum atomic E-state index is 11.1. The van der Waals surface area contributed by atoms with Crippen molar-refractivity contribution in [2.75, 3.05) is 41.4 Å². The second-order valence-corrected chi connectivity index (χ2v) is 8.70. The maximum Gasteiger partial charge on any atom is 0.271 e. The normalized spacial score (nSPS) is 17.0. The van der Waals surface area contributed by atoms with E-state index in [9.17, 15) is 15.2 Å². The van der Waals surface area contributed by atoms with Gasteiger partial charge in [0, 0.05) is 43.9 Å². The van der Waals surface area contributed by atoms with Gasteiger partial charge in [0.25, 0.3) is 5.69 Å². The number of halogens is 1. The van der Waals surface area contributed by atoms with Gasteiger partial charge in [-0.25, -0.2) is 5.43 Å². The first-order valence-electron chi connectivity index (χ1n) is 10.7. The van der Waals surface area contributed by atoms with Gasteiger partial charge >= 0.3 is 0 Å². The number of phenolic OH excluding ortho intramolecular Hbond substituents is 1. The number of aromatic hydroxyl groups is 1. The van der Waals surface area contributed by atoms with E-state index in [4.69, 9.17) is 4.98 Å². The molecule has 0 radical (unpaired) electrons. The number of hydrogen-bond donors (Lipinski definition) is 2. The summed E-state index contributed by atoms with van der Waals surface area (Å²) in [4.78, 5) is 28.7. The van der Waals surface area contributed by atoms with Crippen molar-refractivity contribution in [3.63, 3.8) is 0 Å². The topological polar surface area (TPSA) is 133 Å². The zero-order valence-electron chi connectivity index (χ0n) is 17.6. The van der Waals surface area contributed by atoms with Crippen LogP contribution in [0.2, 0.25) is 0 Å². The number of hydrazone groups is 1. The summed E-state index contributed by atoms with van der Waals surface area (Å²) in [6.07, 6.45) is 8.13. The van der Waals surface area contributed by atoms with Gasteiger partial charge in [0.05, 0.1) is 15.6 Å². The summed E-state index contributed by atoms with van der Waals surface area (Å²) in [5.74, 6) is 1.40. The van der Waals surface area contributed by atoms with Crippen LogP contribution in [0, 0.1) is 10.1 Å². The molecule has 170 valence electrons. The monoisotopic (exact) mass is 504 g/mol. The summed E-state index contributed by atoms with van der Waals surface area (Å²) in [6.45, 7) is 3.62. The standard InChI is InChI=1S/C20H25BrN8O3/c21-16-12-15(29(31)32)11-14(17(16)30)13-22-26-18-23-19(27-7-3-1-4-8-27)25-20(24-18)28-9-5-2-6-10-28/h11-13,30H,1-10H2,(H,23,24,25,26). The second-order valence-electron chi connectivity index (χ2n) is 7.85. The molecule has 0 aliphatic carbocycles. The van der Waals surface area contributed by atoms with Crippen molar-refractivity contribution in [3.8, 4) is 5.75 Å². The van der Waals surface area contributed by atoms with E-state index < -0.39 is 4.92 Å². The minimum atomic E-state index is -0.531. The number of nitro benzene ring substituents is 1. The largest absolute Gasteiger partial charge is 0.506 e. The lowest BCUT2D eigenvalue weighted by Gasteiger charge is -2.30. The van der Waals surface area contributed by atoms with Crippen LogP contribution in [0.25, 0.3) is 0 Å². The molecular formula is C20H25BrN8O3. The highest BCUT2D eigenvalue weighted by Gasteiger charge is 2.20. The summed E-state index contributed by atoms with van der Waals surface area (Å²) in [5, 5.41) is 25.4. The van der Waals surface area contributed by atoms with Crippen molar-refractivity contribution >= 4 is 45.7 Å². The molecule has 11 nitrogen and oxygen atoms in total. The van der Waals surface area contributed by atoms with E-state index in [1.54, 1.807) is 0 Å². The van der Waals surface area contributed by atoms with Crippen LogP contribution in [0.3, 0.4) is 0 Å². The maximum absolute atomic E-state index is 11.1. The minimum Gasteiger partial charge on any atom is -0.506 e. The van der Waals surface area contributed by atoms with Crippen molar-refractivity contribution < 1.29 is 10.0 Å². The number of nitrogens with one attached hydrogen (secondary N) is 1. The van der Waals surface area contributed by atoms with Crippen molar-refractivity contribution in [2.24, 2.45) is 5.10 Å². The smallest absolute Gasteiger partial charge is 0.271 e. The number of anilines is 3. The average Bonchev–Trinajstić information content (AvgIpc) is 2.82. The number of phenols is 1. The Balaban J connectivity index is 1.59. The van der Waals surface area contributed by atoms with Gasteiger partial charge < -0.3 is 14.9 Å². The van der Waals surface area contributed by atoms with E-state index in [0.717, 1.165) is 51.9 Å². The van der Waals surface area contributed by atoms with Crippen LogP contribution in [0.1, 0.15) is 44.1 Å². The summed E-state index contributed by atoms with van der Waals surface area (Å²) in [5.41, 5.74) is 2.84. The van der Waals surface area contributed by atoms with E-state index in [1.807, 2.05) is 0 Å². The quantitative estimate of drug-likeness (QED) is 0.343. The summed E-state index contributed by atoms with van der Waals surface area (Å²) in [6, 6.07) is 2.48. The Bertz CT molecular complexity index is 970. The molecule has 1 aromatic heterocycles. The van der Waals surface area contributed by atoms with Gasteiger partial charge in [-0.15, -0.1) is 0 Å². The molecule has 2 saturated heterocycles. The van der Waals surface area contributed by atoms with E-state index in [2.05, 4.69) is 46.2 Å². The van der Waals surface area contributed by atoms with Gasteiger partial charge in [-0.05, 0) is 54.5 Å². The zero-order chi connectivity index (χ0) is 22.5. The van der Waals surface area contributed by atoms with Crippen LogP contribution in [0.5, 0.6) is 5.75 Å². The zero-order valence-corrected chi connectivity index (χ0v) is 19.2. The third-order valence-corrected chi connectivity index (χ3v) is 6.15. The van der Waals surface area contributed by atoms with Crippen LogP contribution in [0.15, 0.2) is 21.7 Å². The minimum absolute atomic E-state index is 0.139. The molecular weight excluding hydrogens is 480 g/mol. The molecule has 0 atom stereocenters. The van der Waals surface area contributed by atoms with Gasteiger partial charge in [0.15, 0.2) is 0 Å². The molecule has 0 saturated carbocycles. The molecule has 12 heteroatoms. The molecule has 0 amide bonds. The predicted octanol–water partition coefficient (Wildman–Crippen LogP) is 3.67. The molecule has 2 aromatic rings. The Labute approximate surface area is 193 Å². The molecule has 2 fully saturated rings. The fraction of sp³-hybridized carbons (Fsp3) is 0.500. The van der Waals surface area contributed by atoms with Crippen LogP contribution in [0.4, 0.5) is 23.5 Å². The van der Waals surface area contributed by atoms with Crippen LogP contribution in [-0.4, -0.2) is 57.4 Å². The average molecular weight is 505 g/mol. The van der Waals surface area contributed by atoms with Gasteiger partial charge in [0.1, 0.15) is 5.75 Å². The van der Waals surface area contributed by atoms with Gasteiger partial charge in [-0.3, -0.25) is 10.1 Å². The predicted molar refractivity (Wildman–Crippen MR) is 126 cm³/mol. The Hall–Kier alpha value is -3.02. The Morgan fingerprint density at radius 1 is 1.00 bits per heavy atom.